The van der Waals surface area contributed by atoms with Gasteiger partial charge in [0.05, 0.1) is 0 Å². The third-order valence-corrected chi connectivity index (χ3v) is 9.00. The van der Waals surface area contributed by atoms with Crippen LogP contribution in [0.25, 0.3) is 33.4 Å². The van der Waals surface area contributed by atoms with Crippen LogP contribution in [0.4, 0.5) is 0 Å². The molecular formula is C37H28S2. The first-order valence-corrected chi connectivity index (χ1v) is 14.7. The third-order valence-electron chi connectivity index (χ3n) is 6.75. The van der Waals surface area contributed by atoms with Crippen molar-refractivity contribution in [2.24, 2.45) is 0 Å². The average molecular weight is 537 g/mol. The maximum absolute atomic E-state index is 2.31. The molecule has 0 amide bonds. The van der Waals surface area contributed by atoms with Gasteiger partial charge in [0.25, 0.3) is 0 Å². The predicted octanol–water partition coefficient (Wildman–Crippen LogP) is 11.3. The largest absolute Gasteiger partial charge is 0.0898 e. The molecule has 0 bridgehead atoms. The van der Waals surface area contributed by atoms with Gasteiger partial charge < -0.3 is 0 Å². The average Bonchev–Trinajstić information content (AvgIpc) is 3.00. The summed E-state index contributed by atoms with van der Waals surface area (Å²) < 4.78 is 0. The number of rotatable bonds is 7. The summed E-state index contributed by atoms with van der Waals surface area (Å²) in [6, 6.07) is 54.3. The van der Waals surface area contributed by atoms with Gasteiger partial charge in [0.1, 0.15) is 0 Å². The molecule has 6 aromatic carbocycles. The van der Waals surface area contributed by atoms with Crippen molar-refractivity contribution in [3.63, 3.8) is 0 Å². The third kappa shape index (κ3) is 6.04. The van der Waals surface area contributed by atoms with Gasteiger partial charge in [-0.2, -0.15) is 0 Å². The Labute approximate surface area is 239 Å². The Morgan fingerprint density at radius 2 is 0.821 bits per heavy atom. The highest BCUT2D eigenvalue weighted by Gasteiger charge is 2.09. The molecule has 6 aromatic rings. The zero-order valence-corrected chi connectivity index (χ0v) is 23.4. The zero-order valence-electron chi connectivity index (χ0n) is 21.8. The van der Waals surface area contributed by atoms with E-state index in [9.17, 15) is 0 Å². The second kappa shape index (κ2) is 11.8. The monoisotopic (exact) mass is 536 g/mol. The van der Waals surface area contributed by atoms with Crippen molar-refractivity contribution in [2.75, 3.05) is 0 Å². The van der Waals surface area contributed by atoms with E-state index in [0.29, 0.717) is 0 Å². The molecule has 188 valence electrons. The van der Waals surface area contributed by atoms with Crippen molar-refractivity contribution in [1.29, 1.82) is 0 Å². The van der Waals surface area contributed by atoms with Crippen LogP contribution in [-0.2, 0) is 0 Å². The molecule has 6 rings (SSSR count). The first kappa shape index (κ1) is 25.3. The molecule has 39 heavy (non-hydrogen) atoms. The van der Waals surface area contributed by atoms with Crippen LogP contribution in [0.2, 0.25) is 0 Å². The van der Waals surface area contributed by atoms with Gasteiger partial charge >= 0.3 is 0 Å². The van der Waals surface area contributed by atoms with Crippen LogP contribution in [0, 0.1) is 6.92 Å². The van der Waals surface area contributed by atoms with Gasteiger partial charge in [-0.05, 0) is 82.3 Å². The van der Waals surface area contributed by atoms with Crippen molar-refractivity contribution in [2.45, 2.75) is 26.5 Å². The van der Waals surface area contributed by atoms with E-state index in [-0.39, 0.29) is 0 Å². The van der Waals surface area contributed by atoms with Gasteiger partial charge in [0.15, 0.2) is 0 Å². The molecule has 0 unspecified atom stereocenters. The second-order valence-corrected chi connectivity index (χ2v) is 11.7. The molecule has 0 heterocycles. The minimum atomic E-state index is 1.24. The summed E-state index contributed by atoms with van der Waals surface area (Å²) in [5.74, 6) is 0. The van der Waals surface area contributed by atoms with Crippen LogP contribution in [0.1, 0.15) is 5.56 Å². The normalized spacial score (nSPS) is 10.9. The molecular weight excluding hydrogens is 509 g/mol. The topological polar surface area (TPSA) is 0 Å². The second-order valence-electron chi connectivity index (χ2n) is 9.46. The Bertz CT molecular complexity index is 1670. The minimum absolute atomic E-state index is 1.24. The zero-order chi connectivity index (χ0) is 26.4. The molecule has 0 aliphatic carbocycles. The molecule has 0 fully saturated rings. The van der Waals surface area contributed by atoms with E-state index in [1.54, 1.807) is 0 Å². The van der Waals surface area contributed by atoms with E-state index in [4.69, 9.17) is 0 Å². The fraction of sp³-hybridized carbons (Fsp3) is 0.0270. The molecule has 0 spiro atoms. The number of aryl methyl sites for hydroxylation is 1. The number of benzene rings is 6. The van der Waals surface area contributed by atoms with Gasteiger partial charge in [-0.3, -0.25) is 0 Å². The Hall–Kier alpha value is -3.98. The van der Waals surface area contributed by atoms with Gasteiger partial charge in [0, 0.05) is 19.6 Å². The summed E-state index contributed by atoms with van der Waals surface area (Å²) in [6.45, 7) is 2.21. The van der Waals surface area contributed by atoms with E-state index in [0.717, 1.165) is 0 Å². The lowest BCUT2D eigenvalue weighted by atomic mass is 10.0. The maximum Gasteiger partial charge on any atom is 0.0200 e. The van der Waals surface area contributed by atoms with Crippen molar-refractivity contribution in [1.82, 2.24) is 0 Å². The van der Waals surface area contributed by atoms with Crippen molar-refractivity contribution in [3.05, 3.63) is 157 Å². The molecule has 0 N–H and O–H groups in total. The van der Waals surface area contributed by atoms with Crippen molar-refractivity contribution < 1.29 is 0 Å². The lowest BCUT2D eigenvalue weighted by molar-refractivity contribution is 1.23. The van der Waals surface area contributed by atoms with Crippen LogP contribution in [0.3, 0.4) is 0 Å². The number of hydrogen-bond donors (Lipinski definition) is 0. The minimum Gasteiger partial charge on any atom is -0.0898 e. The van der Waals surface area contributed by atoms with Crippen LogP contribution in [-0.4, -0.2) is 0 Å². The molecule has 2 heteroatoms. The quantitative estimate of drug-likeness (QED) is 0.199. The summed E-state index contributed by atoms with van der Waals surface area (Å²) >= 11 is 3.65. The maximum atomic E-state index is 2.31. The number of hydrogen-bond acceptors (Lipinski definition) is 2. The molecule has 0 radical (unpaired) electrons. The predicted molar refractivity (Wildman–Crippen MR) is 169 cm³/mol. The van der Waals surface area contributed by atoms with Crippen LogP contribution < -0.4 is 0 Å². The Morgan fingerprint density at radius 3 is 1.44 bits per heavy atom. The van der Waals surface area contributed by atoms with Crippen LogP contribution in [0.15, 0.2) is 171 Å². The highest BCUT2D eigenvalue weighted by Crippen LogP contribution is 2.39. The molecule has 0 aliphatic heterocycles. The van der Waals surface area contributed by atoms with Gasteiger partial charge in [-0.15, -0.1) is 0 Å². The highest BCUT2D eigenvalue weighted by atomic mass is 32.2. The van der Waals surface area contributed by atoms with E-state index in [2.05, 4.69) is 159 Å². The summed E-state index contributed by atoms with van der Waals surface area (Å²) in [5.41, 5.74) is 8.77. The van der Waals surface area contributed by atoms with Crippen molar-refractivity contribution in [3.8, 4) is 33.4 Å². The highest BCUT2D eigenvalue weighted by molar-refractivity contribution is 8.00. The first-order chi connectivity index (χ1) is 19.2. The van der Waals surface area contributed by atoms with Gasteiger partial charge in [-0.1, -0.05) is 139 Å². The van der Waals surface area contributed by atoms with E-state index >= 15 is 0 Å². The molecule has 0 nitrogen and oxygen atoms in total. The lowest BCUT2D eigenvalue weighted by Crippen LogP contribution is -1.85. The summed E-state index contributed by atoms with van der Waals surface area (Å²) in [7, 11) is 0. The van der Waals surface area contributed by atoms with Crippen LogP contribution >= 0.6 is 23.5 Å². The SMILES string of the molecule is Cc1cc(Sc2ccccc2-c2ccc(-c3ccccc3)cc2)ccc1Sc1ccc(-c2ccccc2)cc1. The van der Waals surface area contributed by atoms with Crippen LogP contribution in [0.5, 0.6) is 0 Å². The smallest absolute Gasteiger partial charge is 0.0200 e. The standard InChI is InChI=1S/C37H28S2/c1-27-26-34(24-25-36(27)38-33-22-20-31(21-23-33)29-12-6-3-7-13-29)39-37-15-9-8-14-35(37)32-18-16-30(17-19-32)28-10-4-2-5-11-28/h2-26H,1H3. The summed E-state index contributed by atoms with van der Waals surface area (Å²) in [6.07, 6.45) is 0. The first-order valence-electron chi connectivity index (χ1n) is 13.1. The molecule has 0 aromatic heterocycles. The Morgan fingerprint density at radius 1 is 0.359 bits per heavy atom. The lowest BCUT2D eigenvalue weighted by Gasteiger charge is -2.12. The fourth-order valence-corrected chi connectivity index (χ4v) is 6.62. The Balaban J connectivity index is 1.18. The van der Waals surface area contributed by atoms with Crippen molar-refractivity contribution >= 4 is 23.5 Å². The van der Waals surface area contributed by atoms with E-state index in [1.165, 1.54) is 58.5 Å². The molecule has 0 atom stereocenters. The van der Waals surface area contributed by atoms with Gasteiger partial charge in [-0.25, -0.2) is 0 Å². The molecule has 0 saturated heterocycles. The summed E-state index contributed by atoms with van der Waals surface area (Å²) in [4.78, 5) is 5.06. The fourth-order valence-electron chi connectivity index (χ4n) is 4.67. The summed E-state index contributed by atoms with van der Waals surface area (Å²) in [5, 5.41) is 0. The van der Waals surface area contributed by atoms with Gasteiger partial charge in [0.2, 0.25) is 0 Å². The van der Waals surface area contributed by atoms with E-state index in [1.807, 2.05) is 23.5 Å². The molecule has 0 aliphatic rings. The Kier molecular flexibility index (Phi) is 7.67. The molecule has 0 saturated carbocycles. The van der Waals surface area contributed by atoms with E-state index < -0.39 is 0 Å².